The predicted octanol–water partition coefficient (Wildman–Crippen LogP) is 2.43. The highest BCUT2D eigenvalue weighted by atomic mass is 16.5. The molecule has 84 valence electrons. The third kappa shape index (κ3) is 2.59. The van der Waals surface area contributed by atoms with E-state index in [2.05, 4.69) is 17.4 Å². The van der Waals surface area contributed by atoms with Crippen molar-refractivity contribution in [2.24, 2.45) is 11.8 Å². The van der Waals surface area contributed by atoms with Crippen molar-refractivity contribution in [3.8, 4) is 0 Å². The van der Waals surface area contributed by atoms with Gasteiger partial charge in [0.15, 0.2) is 0 Å². The molecular formula is C12H20N2O. The molecule has 0 bridgehead atoms. The molecule has 0 amide bonds. The Morgan fingerprint density at radius 2 is 2.20 bits per heavy atom. The lowest BCUT2D eigenvalue weighted by atomic mass is 10.1. The maximum Gasteiger partial charge on any atom is 0.138 e. The Morgan fingerprint density at radius 1 is 1.47 bits per heavy atom. The van der Waals surface area contributed by atoms with E-state index in [0.717, 1.165) is 36.4 Å². The number of rotatable bonds is 5. The van der Waals surface area contributed by atoms with Gasteiger partial charge in [-0.3, -0.25) is 0 Å². The topological polar surface area (TPSA) is 38.1 Å². The minimum Gasteiger partial charge on any atom is -0.361 e. The fourth-order valence-corrected chi connectivity index (χ4v) is 2.01. The third-order valence-corrected chi connectivity index (χ3v) is 3.38. The van der Waals surface area contributed by atoms with Crippen LogP contribution >= 0.6 is 0 Å². The molecule has 2 rings (SSSR count). The Labute approximate surface area is 91.2 Å². The molecule has 1 heterocycles. The molecule has 1 unspecified atom stereocenters. The number of aryl methyl sites for hydroxylation is 2. The maximum atomic E-state index is 5.12. The van der Waals surface area contributed by atoms with Gasteiger partial charge < -0.3 is 9.84 Å². The van der Waals surface area contributed by atoms with Gasteiger partial charge in [-0.2, -0.15) is 0 Å². The maximum absolute atomic E-state index is 5.12. The van der Waals surface area contributed by atoms with Crippen LogP contribution in [0.25, 0.3) is 0 Å². The summed E-state index contributed by atoms with van der Waals surface area (Å²) in [5.74, 6) is 2.73. The summed E-state index contributed by atoms with van der Waals surface area (Å²) in [4.78, 5) is 0. The van der Waals surface area contributed by atoms with Crippen molar-refractivity contribution >= 4 is 0 Å². The van der Waals surface area contributed by atoms with E-state index < -0.39 is 0 Å². The molecule has 1 saturated carbocycles. The van der Waals surface area contributed by atoms with E-state index in [1.807, 2.05) is 13.8 Å². The first kappa shape index (κ1) is 10.7. The van der Waals surface area contributed by atoms with Gasteiger partial charge in [0.25, 0.3) is 0 Å². The first-order valence-electron chi connectivity index (χ1n) is 5.81. The molecule has 0 aliphatic heterocycles. The van der Waals surface area contributed by atoms with Gasteiger partial charge in [0.2, 0.25) is 0 Å². The standard InChI is InChI=1S/C12H20N2O/c1-8(11-4-5-11)6-13-7-12-9(2)14-15-10(12)3/h8,11,13H,4-7H2,1-3H3. The second kappa shape index (κ2) is 4.35. The second-order valence-corrected chi connectivity index (χ2v) is 4.75. The summed E-state index contributed by atoms with van der Waals surface area (Å²) in [6.07, 6.45) is 2.85. The number of hydrogen-bond acceptors (Lipinski definition) is 3. The van der Waals surface area contributed by atoms with Crippen LogP contribution in [-0.4, -0.2) is 11.7 Å². The van der Waals surface area contributed by atoms with E-state index in [1.54, 1.807) is 0 Å². The fraction of sp³-hybridized carbons (Fsp3) is 0.750. The summed E-state index contributed by atoms with van der Waals surface area (Å²) >= 11 is 0. The lowest BCUT2D eigenvalue weighted by Gasteiger charge is -2.10. The van der Waals surface area contributed by atoms with E-state index in [9.17, 15) is 0 Å². The lowest BCUT2D eigenvalue weighted by molar-refractivity contribution is 0.391. The van der Waals surface area contributed by atoms with E-state index in [0.29, 0.717) is 0 Å². The molecule has 3 nitrogen and oxygen atoms in total. The van der Waals surface area contributed by atoms with Gasteiger partial charge in [-0.1, -0.05) is 12.1 Å². The highest BCUT2D eigenvalue weighted by Gasteiger charge is 2.27. The monoisotopic (exact) mass is 208 g/mol. The van der Waals surface area contributed by atoms with E-state index >= 15 is 0 Å². The molecule has 1 fully saturated rings. The van der Waals surface area contributed by atoms with Crippen LogP contribution in [-0.2, 0) is 6.54 Å². The minimum absolute atomic E-state index is 0.811. The van der Waals surface area contributed by atoms with E-state index in [1.165, 1.54) is 18.4 Å². The molecule has 1 atom stereocenters. The molecule has 1 aliphatic rings. The SMILES string of the molecule is Cc1noc(C)c1CNCC(C)C1CC1. The smallest absolute Gasteiger partial charge is 0.138 e. The molecule has 3 heteroatoms. The summed E-state index contributed by atoms with van der Waals surface area (Å²) in [5.41, 5.74) is 2.23. The molecule has 0 radical (unpaired) electrons. The first-order valence-corrected chi connectivity index (χ1v) is 5.81. The van der Waals surface area contributed by atoms with Crippen molar-refractivity contribution in [2.45, 2.75) is 40.2 Å². The number of nitrogens with one attached hydrogen (secondary N) is 1. The van der Waals surface area contributed by atoms with Crippen molar-refractivity contribution < 1.29 is 4.52 Å². The summed E-state index contributed by atoms with van der Waals surface area (Å²) in [6.45, 7) is 8.30. The number of hydrogen-bond donors (Lipinski definition) is 1. The zero-order valence-electron chi connectivity index (χ0n) is 9.84. The second-order valence-electron chi connectivity index (χ2n) is 4.75. The summed E-state index contributed by atoms with van der Waals surface area (Å²) in [6, 6.07) is 0. The quantitative estimate of drug-likeness (QED) is 0.807. The van der Waals surface area contributed by atoms with Crippen LogP contribution in [0.2, 0.25) is 0 Å². The van der Waals surface area contributed by atoms with Crippen molar-refractivity contribution in [3.05, 3.63) is 17.0 Å². The highest BCUT2D eigenvalue weighted by molar-refractivity contribution is 5.20. The Balaban J connectivity index is 1.77. The largest absolute Gasteiger partial charge is 0.361 e. The van der Waals surface area contributed by atoms with Crippen LogP contribution in [0.4, 0.5) is 0 Å². The summed E-state index contributed by atoms with van der Waals surface area (Å²) < 4.78 is 5.12. The van der Waals surface area contributed by atoms with Crippen LogP contribution < -0.4 is 5.32 Å². The van der Waals surface area contributed by atoms with Crippen LogP contribution in [0.15, 0.2) is 4.52 Å². The molecule has 0 aromatic carbocycles. The fourth-order valence-electron chi connectivity index (χ4n) is 2.01. The van der Waals surface area contributed by atoms with Crippen molar-refractivity contribution in [2.75, 3.05) is 6.54 Å². The van der Waals surface area contributed by atoms with E-state index in [-0.39, 0.29) is 0 Å². The van der Waals surface area contributed by atoms with Crippen LogP contribution in [0.1, 0.15) is 36.8 Å². The Hall–Kier alpha value is -0.830. The molecule has 1 N–H and O–H groups in total. The average Bonchev–Trinajstić information content (AvgIpc) is 2.99. The van der Waals surface area contributed by atoms with Gasteiger partial charge in [-0.15, -0.1) is 0 Å². The van der Waals surface area contributed by atoms with Gasteiger partial charge in [-0.25, -0.2) is 0 Å². The molecule has 0 spiro atoms. The molecule has 1 aliphatic carbocycles. The van der Waals surface area contributed by atoms with Crippen LogP contribution in [0.5, 0.6) is 0 Å². The molecule has 1 aromatic heterocycles. The van der Waals surface area contributed by atoms with Gasteiger partial charge in [0, 0.05) is 12.1 Å². The van der Waals surface area contributed by atoms with Crippen LogP contribution in [0, 0.1) is 25.7 Å². The van der Waals surface area contributed by atoms with Gasteiger partial charge in [0.05, 0.1) is 5.69 Å². The molecule has 0 saturated heterocycles. The highest BCUT2D eigenvalue weighted by Crippen LogP contribution is 2.36. The van der Waals surface area contributed by atoms with E-state index in [4.69, 9.17) is 4.52 Å². The summed E-state index contributed by atoms with van der Waals surface area (Å²) in [5, 5.41) is 7.44. The van der Waals surface area contributed by atoms with Gasteiger partial charge >= 0.3 is 0 Å². The summed E-state index contributed by atoms with van der Waals surface area (Å²) in [7, 11) is 0. The molecule has 1 aromatic rings. The first-order chi connectivity index (χ1) is 7.18. The number of aromatic nitrogens is 1. The molecular weight excluding hydrogens is 188 g/mol. The Morgan fingerprint density at radius 3 is 2.73 bits per heavy atom. The molecule has 15 heavy (non-hydrogen) atoms. The van der Waals surface area contributed by atoms with Crippen molar-refractivity contribution in [1.82, 2.24) is 10.5 Å². The van der Waals surface area contributed by atoms with Crippen molar-refractivity contribution in [1.29, 1.82) is 0 Å². The van der Waals surface area contributed by atoms with Crippen molar-refractivity contribution in [3.63, 3.8) is 0 Å². The average molecular weight is 208 g/mol. The lowest BCUT2D eigenvalue weighted by Crippen LogP contribution is -2.22. The van der Waals surface area contributed by atoms with Crippen LogP contribution in [0.3, 0.4) is 0 Å². The minimum atomic E-state index is 0.811. The third-order valence-electron chi connectivity index (χ3n) is 3.38. The normalized spacial score (nSPS) is 18.1. The Kier molecular flexibility index (Phi) is 3.10. The predicted molar refractivity (Wildman–Crippen MR) is 59.6 cm³/mol. The Bertz CT molecular complexity index is 309. The zero-order chi connectivity index (χ0) is 10.8. The van der Waals surface area contributed by atoms with Gasteiger partial charge in [0.1, 0.15) is 5.76 Å². The zero-order valence-corrected chi connectivity index (χ0v) is 9.84. The van der Waals surface area contributed by atoms with Gasteiger partial charge in [-0.05, 0) is 45.1 Å². The number of nitrogens with zero attached hydrogens (tertiary/aromatic N) is 1.